The van der Waals surface area contributed by atoms with Crippen molar-refractivity contribution in [3.63, 3.8) is 0 Å². The zero-order chi connectivity index (χ0) is 22.8. The number of ketones is 1. The number of nitrogen functional groups attached to an aromatic ring is 1. The molecule has 7 nitrogen and oxygen atoms in total. The van der Waals surface area contributed by atoms with Gasteiger partial charge in [-0.1, -0.05) is 38.1 Å². The van der Waals surface area contributed by atoms with Gasteiger partial charge in [0.1, 0.15) is 0 Å². The third kappa shape index (κ3) is 3.09. The van der Waals surface area contributed by atoms with Gasteiger partial charge >= 0.3 is 0 Å². The Morgan fingerprint density at radius 1 is 1.12 bits per heavy atom. The number of hydrogen-bond donors (Lipinski definition) is 3. The highest BCUT2D eigenvalue weighted by Gasteiger charge is 2.40. The first kappa shape index (κ1) is 21.2. The molecule has 2 aromatic carbocycles. The van der Waals surface area contributed by atoms with Crippen LogP contribution >= 0.6 is 0 Å². The van der Waals surface area contributed by atoms with Crippen molar-refractivity contribution in [2.45, 2.75) is 38.0 Å². The number of H-pyrrole nitrogens is 1. The van der Waals surface area contributed by atoms with Crippen LogP contribution < -0.4 is 10.5 Å². The molecule has 1 saturated heterocycles. The number of nitrogens with zero attached hydrogens (tertiary/aromatic N) is 1. The van der Waals surface area contributed by atoms with Crippen molar-refractivity contribution in [2.24, 2.45) is 0 Å². The van der Waals surface area contributed by atoms with Gasteiger partial charge in [-0.25, -0.2) is 4.72 Å². The third-order valence-corrected chi connectivity index (χ3v) is 8.72. The van der Waals surface area contributed by atoms with Crippen molar-refractivity contribution >= 4 is 32.6 Å². The minimum absolute atomic E-state index is 0.0341. The fraction of sp³-hybridized carbons (Fsp3) is 0.375. The molecule has 5 rings (SSSR count). The third-order valence-electron chi connectivity index (χ3n) is 7.16. The van der Waals surface area contributed by atoms with Crippen molar-refractivity contribution in [2.75, 3.05) is 25.9 Å². The van der Waals surface area contributed by atoms with E-state index in [4.69, 9.17) is 5.73 Å². The first-order valence-electron chi connectivity index (χ1n) is 10.9. The first-order valence-corrected chi connectivity index (χ1v) is 12.4. The van der Waals surface area contributed by atoms with E-state index in [1.807, 2.05) is 30.3 Å². The molecule has 0 atom stereocenters. The molecular formula is C24H28N4O3S. The van der Waals surface area contributed by atoms with E-state index in [2.05, 4.69) is 29.6 Å². The van der Waals surface area contributed by atoms with Crippen LogP contribution in [0, 0.1) is 0 Å². The van der Waals surface area contributed by atoms with Crippen molar-refractivity contribution < 1.29 is 13.2 Å². The summed E-state index contributed by atoms with van der Waals surface area (Å²) in [4.78, 5) is 17.0. The average molecular weight is 453 g/mol. The average Bonchev–Trinajstić information content (AvgIpc) is 3.17. The number of nitrogens with one attached hydrogen (secondary N) is 2. The van der Waals surface area contributed by atoms with E-state index in [1.165, 1.54) is 11.4 Å². The summed E-state index contributed by atoms with van der Waals surface area (Å²) in [6.07, 6.45) is 1.51. The van der Waals surface area contributed by atoms with Gasteiger partial charge in [-0.05, 0) is 42.0 Å². The van der Waals surface area contributed by atoms with Gasteiger partial charge in [0.25, 0.3) is 10.2 Å². The second-order valence-corrected chi connectivity index (χ2v) is 11.2. The highest BCUT2D eigenvalue weighted by molar-refractivity contribution is 7.87. The molecule has 0 spiro atoms. The van der Waals surface area contributed by atoms with Gasteiger partial charge in [0, 0.05) is 53.4 Å². The summed E-state index contributed by atoms with van der Waals surface area (Å²) in [5.41, 5.74) is 11.7. The Hall–Kier alpha value is -2.68. The summed E-state index contributed by atoms with van der Waals surface area (Å²) in [5, 5.41) is 0.903. The van der Waals surface area contributed by atoms with E-state index in [-0.39, 0.29) is 17.1 Å². The lowest BCUT2D eigenvalue weighted by molar-refractivity contribution is 0.103. The summed E-state index contributed by atoms with van der Waals surface area (Å²) < 4.78 is 28.1. The Morgan fingerprint density at radius 2 is 1.84 bits per heavy atom. The maximum Gasteiger partial charge on any atom is 0.279 e. The first-order chi connectivity index (χ1) is 15.1. The lowest BCUT2D eigenvalue weighted by atomic mass is 9.70. The zero-order valence-electron chi connectivity index (χ0n) is 18.5. The quantitative estimate of drug-likeness (QED) is 0.530. The number of nitrogens with two attached hydrogens (primary N) is 1. The Morgan fingerprint density at radius 3 is 2.53 bits per heavy atom. The van der Waals surface area contributed by atoms with Crippen LogP contribution in [0.2, 0.25) is 0 Å². The molecule has 32 heavy (non-hydrogen) atoms. The molecule has 0 saturated carbocycles. The molecule has 1 aliphatic heterocycles. The fourth-order valence-electron chi connectivity index (χ4n) is 5.28. The van der Waals surface area contributed by atoms with Gasteiger partial charge in [-0.2, -0.15) is 12.7 Å². The maximum atomic E-state index is 13.5. The van der Waals surface area contributed by atoms with E-state index in [0.29, 0.717) is 18.8 Å². The number of aromatic nitrogens is 1. The summed E-state index contributed by atoms with van der Waals surface area (Å²) >= 11 is 0. The van der Waals surface area contributed by atoms with E-state index >= 15 is 0 Å². The Balaban J connectivity index is 1.52. The van der Waals surface area contributed by atoms with Gasteiger partial charge < -0.3 is 10.7 Å². The normalized spacial score (nSPS) is 19.2. The standard InChI is InChI=1S/C24H28N4O3S/c1-24(2)19-12-15(14-8-10-28(11-9-14)32(30,31)26-3)4-6-17(19)22(29)21-18-7-5-16(25)13-20(18)27-23(21)24/h4-7,12-14,26-27H,8-11,25H2,1-3H3. The highest BCUT2D eigenvalue weighted by atomic mass is 32.2. The second kappa shape index (κ2) is 7.16. The Bertz CT molecular complexity index is 1350. The van der Waals surface area contributed by atoms with E-state index in [9.17, 15) is 13.2 Å². The van der Waals surface area contributed by atoms with Crippen LogP contribution in [0.5, 0.6) is 0 Å². The molecule has 2 heterocycles. The smallest absolute Gasteiger partial charge is 0.279 e. The van der Waals surface area contributed by atoms with Crippen LogP contribution in [-0.2, 0) is 15.6 Å². The Labute approximate surface area is 188 Å². The lowest BCUT2D eigenvalue weighted by Crippen LogP contribution is -2.43. The van der Waals surface area contributed by atoms with Gasteiger partial charge in [0.15, 0.2) is 5.78 Å². The van der Waals surface area contributed by atoms with Crippen LogP contribution in [0.25, 0.3) is 10.9 Å². The fourth-order valence-corrected chi connectivity index (χ4v) is 6.23. The monoisotopic (exact) mass is 452 g/mol. The molecule has 2 aliphatic rings. The molecule has 4 N–H and O–H groups in total. The molecule has 0 radical (unpaired) electrons. The topological polar surface area (TPSA) is 108 Å². The molecule has 168 valence electrons. The SMILES string of the molecule is CNS(=O)(=O)N1CCC(c2ccc3c(c2)C(C)(C)c2[nH]c4cc(N)ccc4c2C3=O)CC1. The number of piperidine rings is 1. The molecule has 0 bridgehead atoms. The van der Waals surface area contributed by atoms with Crippen LogP contribution in [0.3, 0.4) is 0 Å². The summed E-state index contributed by atoms with van der Waals surface area (Å²) in [7, 11) is -1.95. The number of carbonyl (C=O) groups is 1. The highest BCUT2D eigenvalue weighted by Crippen LogP contribution is 2.45. The molecule has 1 aliphatic carbocycles. The van der Waals surface area contributed by atoms with Crippen molar-refractivity contribution in [1.82, 2.24) is 14.0 Å². The molecular weight excluding hydrogens is 424 g/mol. The van der Waals surface area contributed by atoms with E-state index < -0.39 is 10.2 Å². The number of fused-ring (bicyclic) bond motifs is 4. The molecule has 1 fully saturated rings. The second-order valence-electron chi connectivity index (χ2n) is 9.32. The van der Waals surface area contributed by atoms with Gasteiger partial charge in [0.05, 0.1) is 5.56 Å². The van der Waals surface area contributed by atoms with Crippen LogP contribution in [-0.4, -0.2) is 43.6 Å². The van der Waals surface area contributed by atoms with Gasteiger partial charge in [0.2, 0.25) is 0 Å². The molecule has 0 unspecified atom stereocenters. The number of hydrogen-bond acceptors (Lipinski definition) is 4. The van der Waals surface area contributed by atoms with Crippen LogP contribution in [0.1, 0.15) is 65.3 Å². The molecule has 1 aromatic heterocycles. The zero-order valence-corrected chi connectivity index (χ0v) is 19.3. The van der Waals surface area contributed by atoms with E-state index in [0.717, 1.165) is 51.7 Å². The predicted octanol–water partition coefficient (Wildman–Crippen LogP) is 3.26. The van der Waals surface area contributed by atoms with E-state index in [1.54, 1.807) is 0 Å². The molecule has 8 heteroatoms. The molecule has 3 aromatic rings. The maximum absolute atomic E-state index is 13.5. The summed E-state index contributed by atoms with van der Waals surface area (Å²) in [6, 6.07) is 11.8. The minimum atomic E-state index is -3.39. The number of rotatable bonds is 3. The van der Waals surface area contributed by atoms with Crippen molar-refractivity contribution in [3.05, 3.63) is 64.3 Å². The number of aromatic amines is 1. The number of carbonyl (C=O) groups excluding carboxylic acids is 1. The summed E-state index contributed by atoms with van der Waals surface area (Å²) in [6.45, 7) is 5.26. The van der Waals surface area contributed by atoms with Crippen molar-refractivity contribution in [3.8, 4) is 0 Å². The largest absolute Gasteiger partial charge is 0.399 e. The lowest BCUT2D eigenvalue weighted by Gasteiger charge is -2.35. The Kier molecular flexibility index (Phi) is 4.74. The predicted molar refractivity (Wildman–Crippen MR) is 126 cm³/mol. The van der Waals surface area contributed by atoms with Crippen LogP contribution in [0.15, 0.2) is 36.4 Å². The van der Waals surface area contributed by atoms with Crippen LogP contribution in [0.4, 0.5) is 5.69 Å². The molecule has 0 amide bonds. The van der Waals surface area contributed by atoms with Gasteiger partial charge in [-0.15, -0.1) is 0 Å². The summed E-state index contributed by atoms with van der Waals surface area (Å²) in [5.74, 6) is 0.297. The van der Waals surface area contributed by atoms with Crippen molar-refractivity contribution in [1.29, 1.82) is 0 Å². The minimum Gasteiger partial charge on any atom is -0.399 e. The number of anilines is 1. The number of benzene rings is 2. The van der Waals surface area contributed by atoms with Gasteiger partial charge in [-0.3, -0.25) is 4.79 Å².